The molecule has 0 radical (unpaired) electrons. The molecule has 0 bridgehead atoms. The number of allylic oxidation sites excluding steroid dienone is 4. The summed E-state index contributed by atoms with van der Waals surface area (Å²) in [6.07, 6.45) is 21.1. The number of unbranched alkanes of at least 4 members (excludes halogenated alkanes) is 1. The highest BCUT2D eigenvalue weighted by molar-refractivity contribution is 5.99. The van der Waals surface area contributed by atoms with E-state index in [0.717, 1.165) is 74.3 Å². The van der Waals surface area contributed by atoms with Gasteiger partial charge < -0.3 is 42.6 Å². The lowest BCUT2D eigenvalue weighted by molar-refractivity contribution is 0.0922. The van der Waals surface area contributed by atoms with Crippen molar-refractivity contribution in [2.24, 2.45) is 26.8 Å². The van der Waals surface area contributed by atoms with E-state index >= 15 is 0 Å². The number of anilines is 3. The first kappa shape index (κ1) is 46.5. The zero-order valence-corrected chi connectivity index (χ0v) is 35.4. The number of nitrogens with one attached hydrogen (secondary N) is 4. The van der Waals surface area contributed by atoms with Crippen molar-refractivity contribution in [2.75, 3.05) is 55.3 Å². The predicted octanol–water partition coefficient (Wildman–Crippen LogP) is 7.59. The number of carbonyl (C=O) groups is 2. The standard InChI is InChI=1S/C45H66N10O3/c1-8-11-14-27-58-41-31-36(44(47)56)29-39(46)43(41)55(26-16-18-35(7)54-51-10-3)25-13-12-23-49-42-33(5)28-37(45(57)52-38-21-19-32(4)20-22-38)30-40(42)48-24-15-17-34(6)53-50-9-2/h8,12-13,15-18,24,28-32,38,49-51H,1,9-11,14,19-23,25-27,46H2,2-7H3,(H2,47,56)(H,52,57)/b13-12+,17-15+,18-16+,48-24+,53-34-,54-35-. The van der Waals surface area contributed by atoms with Crippen LogP contribution < -0.4 is 42.6 Å². The van der Waals surface area contributed by atoms with Crippen LogP contribution in [0.1, 0.15) is 99.4 Å². The van der Waals surface area contributed by atoms with E-state index in [1.54, 1.807) is 18.3 Å². The van der Waals surface area contributed by atoms with E-state index in [1.807, 2.05) is 89.3 Å². The van der Waals surface area contributed by atoms with E-state index in [1.165, 1.54) is 0 Å². The average molecular weight is 795 g/mol. The molecule has 1 aliphatic rings. The Bertz CT molecular complexity index is 1840. The van der Waals surface area contributed by atoms with Crippen LogP contribution in [0.25, 0.3) is 0 Å². The van der Waals surface area contributed by atoms with Crippen molar-refractivity contribution in [1.82, 2.24) is 16.2 Å². The van der Waals surface area contributed by atoms with E-state index in [9.17, 15) is 9.59 Å². The Morgan fingerprint density at radius 1 is 0.948 bits per heavy atom. The summed E-state index contributed by atoms with van der Waals surface area (Å²) in [5, 5.41) is 15.4. The molecule has 0 heterocycles. The summed E-state index contributed by atoms with van der Waals surface area (Å²) in [5.74, 6) is 0.509. The molecule has 3 rings (SSSR count). The molecule has 13 heteroatoms. The summed E-state index contributed by atoms with van der Waals surface area (Å²) < 4.78 is 6.20. The molecule has 0 unspecified atom stereocenters. The molecule has 2 amide bonds. The quantitative estimate of drug-likeness (QED) is 0.0207. The summed E-state index contributed by atoms with van der Waals surface area (Å²) in [4.78, 5) is 32.5. The third-order valence-corrected chi connectivity index (χ3v) is 9.48. The number of primary amides is 1. The molecule has 0 atom stereocenters. The van der Waals surface area contributed by atoms with Crippen LogP contribution in [0.3, 0.4) is 0 Å². The first-order valence-corrected chi connectivity index (χ1v) is 20.4. The lowest BCUT2D eigenvalue weighted by Crippen LogP contribution is -2.37. The molecular formula is C45H66N10O3. The maximum Gasteiger partial charge on any atom is 0.251 e. The Balaban J connectivity index is 1.89. The molecule has 2 aromatic rings. The van der Waals surface area contributed by atoms with Gasteiger partial charge in [0.15, 0.2) is 0 Å². The van der Waals surface area contributed by atoms with Crippen LogP contribution >= 0.6 is 0 Å². The first-order chi connectivity index (χ1) is 28.0. The first-order valence-electron chi connectivity index (χ1n) is 20.4. The molecule has 1 fully saturated rings. The monoisotopic (exact) mass is 795 g/mol. The van der Waals surface area contributed by atoms with Gasteiger partial charge in [-0.25, -0.2) is 0 Å². The van der Waals surface area contributed by atoms with Crippen LogP contribution in [0.5, 0.6) is 5.75 Å². The second-order valence-corrected chi connectivity index (χ2v) is 14.5. The number of hydrazone groups is 2. The fourth-order valence-corrected chi connectivity index (χ4v) is 6.38. The van der Waals surface area contributed by atoms with Gasteiger partial charge in [0.1, 0.15) is 11.4 Å². The van der Waals surface area contributed by atoms with Crippen LogP contribution in [0.2, 0.25) is 0 Å². The number of carbonyl (C=O) groups excluding carboxylic acids is 2. The number of nitrogen functional groups attached to an aromatic ring is 1. The zero-order chi connectivity index (χ0) is 42.3. The number of rotatable bonds is 24. The van der Waals surface area contributed by atoms with E-state index in [4.69, 9.17) is 21.2 Å². The highest BCUT2D eigenvalue weighted by atomic mass is 16.5. The van der Waals surface area contributed by atoms with Crippen molar-refractivity contribution in [3.8, 4) is 5.75 Å². The number of hydrogen-bond acceptors (Lipinski definition) is 11. The molecule has 0 aliphatic heterocycles. The number of nitrogens with two attached hydrogens (primary N) is 2. The molecule has 8 N–H and O–H groups in total. The van der Waals surface area contributed by atoms with Gasteiger partial charge in [0.25, 0.3) is 5.91 Å². The number of hydrogen-bond donors (Lipinski definition) is 6. The van der Waals surface area contributed by atoms with Gasteiger partial charge in [-0.3, -0.25) is 14.6 Å². The van der Waals surface area contributed by atoms with Crippen LogP contribution in [0.4, 0.5) is 22.7 Å². The highest BCUT2D eigenvalue weighted by Gasteiger charge is 2.22. The minimum Gasteiger partial charge on any atom is -0.491 e. The summed E-state index contributed by atoms with van der Waals surface area (Å²) in [5.41, 5.74) is 24.1. The Labute approximate surface area is 345 Å². The second kappa shape index (κ2) is 25.4. The molecule has 58 heavy (non-hydrogen) atoms. The number of ether oxygens (including phenoxy) is 1. The van der Waals surface area contributed by atoms with Gasteiger partial charge in [-0.15, -0.1) is 6.58 Å². The number of aryl methyl sites for hydroxylation is 1. The Morgan fingerprint density at radius 3 is 2.31 bits per heavy atom. The average Bonchev–Trinajstić information content (AvgIpc) is 3.20. The van der Waals surface area contributed by atoms with E-state index in [0.29, 0.717) is 60.5 Å². The van der Waals surface area contributed by atoms with Crippen molar-refractivity contribution in [1.29, 1.82) is 0 Å². The SMILES string of the molecule is C=CCCCOc1cc(C(N)=O)cc(N)c1N(C/C=C/CNc1c(C)cc(C(=O)NC2CCC(C)CC2)cc1/N=C/C=C/C(C)=N\NCC)C/C=C/C(C)=N\NCC. The number of aliphatic imine (C=N–C) groups is 1. The molecule has 0 aromatic heterocycles. The van der Waals surface area contributed by atoms with Crippen molar-refractivity contribution in [3.05, 3.63) is 90.1 Å². The molecule has 1 aliphatic carbocycles. The predicted molar refractivity (Wildman–Crippen MR) is 244 cm³/mol. The summed E-state index contributed by atoms with van der Waals surface area (Å²) >= 11 is 0. The molecule has 13 nitrogen and oxygen atoms in total. The Morgan fingerprint density at radius 2 is 1.64 bits per heavy atom. The van der Waals surface area contributed by atoms with Crippen LogP contribution in [0.15, 0.2) is 88.6 Å². The normalized spacial score (nSPS) is 16.3. The molecule has 314 valence electrons. The summed E-state index contributed by atoms with van der Waals surface area (Å²) in [6.45, 7) is 19.2. The van der Waals surface area contributed by atoms with E-state index in [2.05, 4.69) is 50.1 Å². The highest BCUT2D eigenvalue weighted by Crippen LogP contribution is 2.37. The van der Waals surface area contributed by atoms with Crippen molar-refractivity contribution in [3.63, 3.8) is 0 Å². The maximum atomic E-state index is 13.5. The fraction of sp³-hybridized carbons (Fsp3) is 0.444. The third-order valence-electron chi connectivity index (χ3n) is 9.48. The van der Waals surface area contributed by atoms with E-state index in [-0.39, 0.29) is 17.5 Å². The summed E-state index contributed by atoms with van der Waals surface area (Å²) in [6, 6.07) is 7.18. The van der Waals surface area contributed by atoms with Gasteiger partial charge >= 0.3 is 0 Å². The van der Waals surface area contributed by atoms with Gasteiger partial charge in [0, 0.05) is 56.1 Å². The lowest BCUT2D eigenvalue weighted by atomic mass is 9.87. The van der Waals surface area contributed by atoms with Gasteiger partial charge in [-0.1, -0.05) is 31.2 Å². The van der Waals surface area contributed by atoms with Crippen molar-refractivity contribution >= 4 is 52.2 Å². The molecule has 2 aromatic carbocycles. The minimum absolute atomic E-state index is 0.0841. The molecule has 0 saturated heterocycles. The van der Waals surface area contributed by atoms with E-state index < -0.39 is 5.91 Å². The number of nitrogens with zero attached hydrogens (tertiary/aromatic N) is 4. The third kappa shape index (κ3) is 16.0. The van der Waals surface area contributed by atoms with Crippen molar-refractivity contribution in [2.45, 2.75) is 86.1 Å². The Hall–Kier alpha value is -5.85. The lowest BCUT2D eigenvalue weighted by Gasteiger charge is -2.27. The Kier molecular flexibility index (Phi) is 20.4. The fourth-order valence-electron chi connectivity index (χ4n) is 6.38. The zero-order valence-electron chi connectivity index (χ0n) is 35.4. The molecule has 1 saturated carbocycles. The minimum atomic E-state index is -0.585. The molecule has 0 spiro atoms. The van der Waals surface area contributed by atoms with Crippen LogP contribution in [-0.2, 0) is 0 Å². The van der Waals surface area contributed by atoms with Gasteiger partial charge in [-0.05, 0) is 127 Å². The number of benzene rings is 2. The summed E-state index contributed by atoms with van der Waals surface area (Å²) in [7, 11) is 0. The largest absolute Gasteiger partial charge is 0.491 e. The van der Waals surface area contributed by atoms with Crippen molar-refractivity contribution < 1.29 is 14.3 Å². The van der Waals surface area contributed by atoms with Crippen LogP contribution in [0, 0.1) is 12.8 Å². The van der Waals surface area contributed by atoms with Crippen LogP contribution in [-0.4, -0.2) is 74.8 Å². The molecular weight excluding hydrogens is 729 g/mol. The van der Waals surface area contributed by atoms with Gasteiger partial charge in [0.2, 0.25) is 5.91 Å². The topological polar surface area (TPSA) is 184 Å². The maximum absolute atomic E-state index is 13.5. The van der Waals surface area contributed by atoms with Gasteiger partial charge in [-0.2, -0.15) is 10.2 Å². The second-order valence-electron chi connectivity index (χ2n) is 14.5. The number of amides is 2. The van der Waals surface area contributed by atoms with Gasteiger partial charge in [0.05, 0.1) is 35.1 Å². The smallest absolute Gasteiger partial charge is 0.251 e.